The van der Waals surface area contributed by atoms with Gasteiger partial charge in [0.15, 0.2) is 0 Å². The van der Waals surface area contributed by atoms with Crippen LogP contribution in [0.5, 0.6) is 0 Å². The lowest BCUT2D eigenvalue weighted by atomic mass is 9.76. The standard InChI is InChI=1S/C12H20O3S/c1-15-10-5-2-4-9(8-10)12(11(13)14)6-3-7-16-12/h9-10H,2-8H2,1H3,(H,13,14). The van der Waals surface area contributed by atoms with Gasteiger partial charge in [0.25, 0.3) is 0 Å². The maximum atomic E-state index is 11.6. The monoisotopic (exact) mass is 244 g/mol. The molecule has 1 heterocycles. The molecule has 1 saturated heterocycles. The molecule has 0 aromatic heterocycles. The Bertz CT molecular complexity index is 261. The fraction of sp³-hybridized carbons (Fsp3) is 0.917. The first-order valence-electron chi connectivity index (χ1n) is 6.09. The van der Waals surface area contributed by atoms with Crippen molar-refractivity contribution in [3.05, 3.63) is 0 Å². The van der Waals surface area contributed by atoms with E-state index in [2.05, 4.69) is 0 Å². The summed E-state index contributed by atoms with van der Waals surface area (Å²) in [6, 6.07) is 0. The van der Waals surface area contributed by atoms with Crippen LogP contribution in [-0.2, 0) is 9.53 Å². The number of thioether (sulfide) groups is 1. The number of rotatable bonds is 3. The van der Waals surface area contributed by atoms with E-state index in [0.717, 1.165) is 44.3 Å². The molecule has 3 nitrogen and oxygen atoms in total. The Morgan fingerprint density at radius 1 is 1.44 bits per heavy atom. The van der Waals surface area contributed by atoms with E-state index in [1.54, 1.807) is 18.9 Å². The number of carboxylic acid groups (broad SMARTS) is 1. The van der Waals surface area contributed by atoms with Crippen LogP contribution in [0, 0.1) is 5.92 Å². The van der Waals surface area contributed by atoms with Crippen LogP contribution in [0.25, 0.3) is 0 Å². The Morgan fingerprint density at radius 3 is 2.81 bits per heavy atom. The Kier molecular flexibility index (Phi) is 3.80. The summed E-state index contributed by atoms with van der Waals surface area (Å²) in [4.78, 5) is 11.6. The van der Waals surface area contributed by atoms with Crippen LogP contribution >= 0.6 is 11.8 Å². The van der Waals surface area contributed by atoms with Gasteiger partial charge in [0.2, 0.25) is 0 Å². The second-order valence-corrected chi connectivity index (χ2v) is 6.29. The highest BCUT2D eigenvalue weighted by molar-refractivity contribution is 8.01. The highest BCUT2D eigenvalue weighted by atomic mass is 32.2. The third-order valence-electron chi connectivity index (χ3n) is 4.03. The summed E-state index contributed by atoms with van der Waals surface area (Å²) < 4.78 is 4.90. The zero-order valence-corrected chi connectivity index (χ0v) is 10.6. The Balaban J connectivity index is 2.11. The first-order valence-corrected chi connectivity index (χ1v) is 7.08. The highest BCUT2D eigenvalue weighted by Gasteiger charge is 2.49. The molecule has 0 amide bonds. The van der Waals surface area contributed by atoms with Crippen LogP contribution in [0.15, 0.2) is 0 Å². The number of aliphatic carboxylic acids is 1. The van der Waals surface area contributed by atoms with Crippen LogP contribution in [0.3, 0.4) is 0 Å². The molecule has 2 aliphatic rings. The molecule has 1 aliphatic carbocycles. The summed E-state index contributed by atoms with van der Waals surface area (Å²) in [5.74, 6) is 0.702. The van der Waals surface area contributed by atoms with Crippen molar-refractivity contribution in [2.24, 2.45) is 5.92 Å². The van der Waals surface area contributed by atoms with Gasteiger partial charge in [-0.25, -0.2) is 0 Å². The van der Waals surface area contributed by atoms with Crippen molar-refractivity contribution in [1.82, 2.24) is 0 Å². The molecular weight excluding hydrogens is 224 g/mol. The summed E-state index contributed by atoms with van der Waals surface area (Å²) in [6.07, 6.45) is 6.34. The maximum absolute atomic E-state index is 11.6. The number of hydrogen-bond donors (Lipinski definition) is 1. The van der Waals surface area contributed by atoms with E-state index in [1.807, 2.05) is 0 Å². The minimum Gasteiger partial charge on any atom is -0.480 e. The number of carbonyl (C=O) groups is 1. The smallest absolute Gasteiger partial charge is 0.320 e. The van der Waals surface area contributed by atoms with E-state index < -0.39 is 10.7 Å². The number of methoxy groups -OCH3 is 1. The van der Waals surface area contributed by atoms with Gasteiger partial charge in [-0.3, -0.25) is 4.79 Å². The Labute approximate surface area is 101 Å². The van der Waals surface area contributed by atoms with E-state index in [9.17, 15) is 9.90 Å². The van der Waals surface area contributed by atoms with Crippen LogP contribution in [-0.4, -0.2) is 34.8 Å². The van der Waals surface area contributed by atoms with E-state index >= 15 is 0 Å². The predicted octanol–water partition coefficient (Wildman–Crippen LogP) is 2.54. The van der Waals surface area contributed by atoms with E-state index in [0.29, 0.717) is 5.92 Å². The van der Waals surface area contributed by atoms with Gasteiger partial charge in [0, 0.05) is 7.11 Å². The van der Waals surface area contributed by atoms with Crippen LogP contribution < -0.4 is 0 Å². The summed E-state index contributed by atoms with van der Waals surface area (Å²) in [7, 11) is 1.74. The number of ether oxygens (including phenoxy) is 1. The predicted molar refractivity (Wildman–Crippen MR) is 64.8 cm³/mol. The summed E-state index contributed by atoms with van der Waals surface area (Å²) >= 11 is 1.66. The molecule has 0 bridgehead atoms. The fourth-order valence-corrected chi connectivity index (χ4v) is 4.62. The lowest BCUT2D eigenvalue weighted by Gasteiger charge is -2.38. The average Bonchev–Trinajstić information content (AvgIpc) is 2.79. The van der Waals surface area contributed by atoms with Crippen molar-refractivity contribution < 1.29 is 14.6 Å². The second-order valence-electron chi connectivity index (χ2n) is 4.87. The zero-order valence-electron chi connectivity index (χ0n) is 9.78. The molecule has 2 fully saturated rings. The molecule has 0 spiro atoms. The van der Waals surface area contributed by atoms with Crippen LogP contribution in [0.4, 0.5) is 0 Å². The van der Waals surface area contributed by atoms with E-state index in [4.69, 9.17) is 4.74 Å². The molecule has 1 saturated carbocycles. The van der Waals surface area contributed by atoms with E-state index in [-0.39, 0.29) is 6.10 Å². The first-order chi connectivity index (χ1) is 7.69. The van der Waals surface area contributed by atoms with Gasteiger partial charge in [-0.05, 0) is 43.8 Å². The van der Waals surface area contributed by atoms with Crippen molar-refractivity contribution in [2.75, 3.05) is 12.9 Å². The quantitative estimate of drug-likeness (QED) is 0.828. The lowest BCUT2D eigenvalue weighted by Crippen LogP contribution is -2.44. The van der Waals surface area contributed by atoms with Gasteiger partial charge in [0.1, 0.15) is 4.75 Å². The third kappa shape index (κ3) is 2.09. The zero-order chi connectivity index (χ0) is 11.6. The van der Waals surface area contributed by atoms with Crippen molar-refractivity contribution in [2.45, 2.75) is 49.4 Å². The molecule has 92 valence electrons. The maximum Gasteiger partial charge on any atom is 0.320 e. The molecule has 0 radical (unpaired) electrons. The molecule has 3 unspecified atom stereocenters. The molecule has 1 aliphatic heterocycles. The fourth-order valence-electron chi connectivity index (χ4n) is 3.11. The SMILES string of the molecule is COC1CCCC(C2(C(=O)O)CCCS2)C1. The van der Waals surface area contributed by atoms with Gasteiger partial charge >= 0.3 is 5.97 Å². The normalized spacial score (nSPS) is 39.8. The van der Waals surface area contributed by atoms with E-state index in [1.165, 1.54) is 0 Å². The molecule has 0 aromatic carbocycles. The summed E-state index contributed by atoms with van der Waals surface area (Å²) in [5, 5.41) is 9.51. The van der Waals surface area contributed by atoms with Gasteiger partial charge in [-0.2, -0.15) is 0 Å². The Morgan fingerprint density at radius 2 is 2.25 bits per heavy atom. The number of carboxylic acids is 1. The van der Waals surface area contributed by atoms with Crippen molar-refractivity contribution in [3.63, 3.8) is 0 Å². The minimum atomic E-state index is -0.600. The lowest BCUT2D eigenvalue weighted by molar-refractivity contribution is -0.142. The van der Waals surface area contributed by atoms with Gasteiger partial charge < -0.3 is 9.84 Å². The Hall–Kier alpha value is -0.220. The largest absolute Gasteiger partial charge is 0.480 e. The van der Waals surface area contributed by atoms with Crippen molar-refractivity contribution in [3.8, 4) is 0 Å². The molecule has 0 aromatic rings. The molecule has 1 N–H and O–H groups in total. The number of hydrogen-bond acceptors (Lipinski definition) is 3. The van der Waals surface area contributed by atoms with Crippen molar-refractivity contribution >= 4 is 17.7 Å². The molecule has 3 atom stereocenters. The molecular formula is C12H20O3S. The van der Waals surface area contributed by atoms with Crippen LogP contribution in [0.1, 0.15) is 38.5 Å². The van der Waals surface area contributed by atoms with Crippen molar-refractivity contribution in [1.29, 1.82) is 0 Å². The average molecular weight is 244 g/mol. The first kappa shape index (κ1) is 12.2. The molecule has 16 heavy (non-hydrogen) atoms. The van der Waals surface area contributed by atoms with Crippen LogP contribution in [0.2, 0.25) is 0 Å². The topological polar surface area (TPSA) is 46.5 Å². The molecule has 2 rings (SSSR count). The van der Waals surface area contributed by atoms with Gasteiger partial charge in [-0.1, -0.05) is 6.42 Å². The second kappa shape index (κ2) is 4.96. The minimum absolute atomic E-state index is 0.274. The summed E-state index contributed by atoms with van der Waals surface area (Å²) in [6.45, 7) is 0. The van der Waals surface area contributed by atoms with Gasteiger partial charge in [-0.15, -0.1) is 11.8 Å². The highest BCUT2D eigenvalue weighted by Crippen LogP contribution is 2.49. The molecule has 4 heteroatoms. The third-order valence-corrected chi connectivity index (χ3v) is 5.75. The summed E-state index contributed by atoms with van der Waals surface area (Å²) in [5.41, 5.74) is 0. The van der Waals surface area contributed by atoms with Gasteiger partial charge in [0.05, 0.1) is 6.10 Å².